The number of unbranched alkanes of at least 4 members (excludes halogenated alkanes) is 1. The van der Waals surface area contributed by atoms with E-state index in [1.807, 2.05) is 0 Å². The van der Waals surface area contributed by atoms with Crippen LogP contribution in [0.3, 0.4) is 0 Å². The highest BCUT2D eigenvalue weighted by Gasteiger charge is 2.00. The summed E-state index contributed by atoms with van der Waals surface area (Å²) in [4.78, 5) is 10.2. The van der Waals surface area contributed by atoms with E-state index in [1.165, 1.54) is 0 Å². The zero-order valence-corrected chi connectivity index (χ0v) is 7.92. The number of allylic oxidation sites excluding steroid dienone is 1. The largest absolute Gasteiger partial charge is 0.393 e. The molecule has 0 bridgehead atoms. The number of carbonyl (C=O) groups excluding carboxylic acids is 1. The van der Waals surface area contributed by atoms with Crippen LogP contribution in [-0.2, 0) is 4.79 Å². The maximum absolute atomic E-state index is 10.2. The molecule has 0 rings (SSSR count). The number of rotatable bonds is 6. The van der Waals surface area contributed by atoms with Crippen LogP contribution < -0.4 is 0 Å². The molecule has 0 heterocycles. The summed E-state index contributed by atoms with van der Waals surface area (Å²) in [5.41, 5.74) is 0.700. The van der Waals surface area contributed by atoms with Crippen LogP contribution in [0.5, 0.6) is 0 Å². The van der Waals surface area contributed by atoms with Gasteiger partial charge in [-0.05, 0) is 25.3 Å². The highest BCUT2D eigenvalue weighted by molar-refractivity contribution is 5.71. The van der Waals surface area contributed by atoms with Gasteiger partial charge in [-0.3, -0.25) is 4.79 Å². The number of aliphatic hydroxyl groups excluding tert-OH is 1. The fraction of sp³-hybridized carbons (Fsp3) is 0.700. The molecular formula is C10H18O2. The Balaban J connectivity index is 3.55. The average Bonchev–Trinajstić information content (AvgIpc) is 2.10. The standard InChI is InChI=1S/C10H18O2/c1-3-4-5-10(12)7-6-9(2)8-11/h6,8,10,12H,3-5,7H2,1-2H3. The van der Waals surface area contributed by atoms with Crippen molar-refractivity contribution < 1.29 is 9.90 Å². The molecule has 12 heavy (non-hydrogen) atoms. The van der Waals surface area contributed by atoms with Crippen LogP contribution in [0.4, 0.5) is 0 Å². The van der Waals surface area contributed by atoms with Crippen LogP contribution in [0, 0.1) is 0 Å². The maximum Gasteiger partial charge on any atom is 0.145 e. The molecule has 0 aliphatic carbocycles. The Hall–Kier alpha value is -0.630. The third kappa shape index (κ3) is 6.10. The van der Waals surface area contributed by atoms with E-state index in [0.29, 0.717) is 12.0 Å². The minimum atomic E-state index is -0.278. The quantitative estimate of drug-likeness (QED) is 0.489. The van der Waals surface area contributed by atoms with Gasteiger partial charge in [0.25, 0.3) is 0 Å². The second-order valence-electron chi connectivity index (χ2n) is 3.10. The van der Waals surface area contributed by atoms with Gasteiger partial charge in [0.15, 0.2) is 0 Å². The fourth-order valence-electron chi connectivity index (χ4n) is 0.928. The number of aldehydes is 1. The Morgan fingerprint density at radius 3 is 2.75 bits per heavy atom. The van der Waals surface area contributed by atoms with E-state index < -0.39 is 0 Å². The first kappa shape index (κ1) is 11.4. The lowest BCUT2D eigenvalue weighted by Gasteiger charge is -2.05. The molecule has 0 amide bonds. The molecule has 0 aliphatic heterocycles. The first-order chi connectivity index (χ1) is 5.70. The van der Waals surface area contributed by atoms with E-state index >= 15 is 0 Å². The monoisotopic (exact) mass is 170 g/mol. The van der Waals surface area contributed by atoms with Gasteiger partial charge in [0.05, 0.1) is 6.10 Å². The topological polar surface area (TPSA) is 37.3 Å². The molecule has 2 heteroatoms. The smallest absolute Gasteiger partial charge is 0.145 e. The minimum Gasteiger partial charge on any atom is -0.393 e. The van der Waals surface area contributed by atoms with E-state index in [9.17, 15) is 9.90 Å². The molecule has 1 unspecified atom stereocenters. The summed E-state index contributed by atoms with van der Waals surface area (Å²) in [6, 6.07) is 0. The molecule has 0 radical (unpaired) electrons. The van der Waals surface area contributed by atoms with Gasteiger partial charge in [-0.25, -0.2) is 0 Å². The third-order valence-corrected chi connectivity index (χ3v) is 1.79. The first-order valence-corrected chi connectivity index (χ1v) is 4.50. The van der Waals surface area contributed by atoms with Crippen LogP contribution in [-0.4, -0.2) is 17.5 Å². The van der Waals surface area contributed by atoms with E-state index in [1.54, 1.807) is 13.0 Å². The van der Waals surface area contributed by atoms with Gasteiger partial charge in [-0.1, -0.05) is 25.8 Å². The Labute approximate surface area is 74.3 Å². The highest BCUT2D eigenvalue weighted by atomic mass is 16.3. The zero-order chi connectivity index (χ0) is 9.40. The minimum absolute atomic E-state index is 0.278. The van der Waals surface area contributed by atoms with Gasteiger partial charge in [0, 0.05) is 0 Å². The second kappa shape index (κ2) is 7.04. The zero-order valence-electron chi connectivity index (χ0n) is 7.92. The number of aliphatic hydroxyl groups is 1. The number of hydrogen-bond acceptors (Lipinski definition) is 2. The molecule has 0 saturated heterocycles. The molecule has 0 fully saturated rings. The van der Waals surface area contributed by atoms with Crippen molar-refractivity contribution in [2.45, 2.75) is 45.6 Å². The summed E-state index contributed by atoms with van der Waals surface area (Å²) in [6.07, 6.45) is 5.91. The molecule has 1 atom stereocenters. The van der Waals surface area contributed by atoms with Gasteiger partial charge >= 0.3 is 0 Å². The molecule has 0 spiro atoms. The van der Waals surface area contributed by atoms with E-state index in [0.717, 1.165) is 25.5 Å². The van der Waals surface area contributed by atoms with Crippen LogP contribution in [0.1, 0.15) is 39.5 Å². The van der Waals surface area contributed by atoms with Crippen LogP contribution in [0.25, 0.3) is 0 Å². The molecular weight excluding hydrogens is 152 g/mol. The van der Waals surface area contributed by atoms with Crippen LogP contribution >= 0.6 is 0 Å². The van der Waals surface area contributed by atoms with E-state index in [4.69, 9.17) is 0 Å². The van der Waals surface area contributed by atoms with Crippen LogP contribution in [0.2, 0.25) is 0 Å². The summed E-state index contributed by atoms with van der Waals surface area (Å²) in [5, 5.41) is 9.36. The van der Waals surface area contributed by atoms with Gasteiger partial charge < -0.3 is 5.11 Å². The fourth-order valence-corrected chi connectivity index (χ4v) is 0.928. The molecule has 0 aliphatic rings. The van der Waals surface area contributed by atoms with Crippen molar-refractivity contribution in [1.29, 1.82) is 0 Å². The summed E-state index contributed by atoms with van der Waals surface area (Å²) in [5.74, 6) is 0. The van der Waals surface area contributed by atoms with Gasteiger partial charge in [0.2, 0.25) is 0 Å². The predicted octanol–water partition coefficient (Wildman–Crippen LogP) is 2.07. The molecule has 0 saturated carbocycles. The summed E-state index contributed by atoms with van der Waals surface area (Å²) < 4.78 is 0. The Morgan fingerprint density at radius 2 is 2.25 bits per heavy atom. The van der Waals surface area contributed by atoms with Gasteiger partial charge in [-0.15, -0.1) is 0 Å². The molecule has 0 aromatic rings. The van der Waals surface area contributed by atoms with Gasteiger partial charge in [0.1, 0.15) is 6.29 Å². The SMILES string of the molecule is CCCCC(O)CC=C(C)C=O. The number of carbonyl (C=O) groups is 1. The lowest BCUT2D eigenvalue weighted by molar-refractivity contribution is -0.104. The molecule has 1 N–H and O–H groups in total. The number of hydrogen-bond donors (Lipinski definition) is 1. The summed E-state index contributed by atoms with van der Waals surface area (Å²) in [6.45, 7) is 3.85. The predicted molar refractivity (Wildman–Crippen MR) is 50.0 cm³/mol. The van der Waals surface area contributed by atoms with Crippen molar-refractivity contribution in [2.75, 3.05) is 0 Å². The Morgan fingerprint density at radius 1 is 1.58 bits per heavy atom. The van der Waals surface area contributed by atoms with Crippen molar-refractivity contribution in [2.24, 2.45) is 0 Å². The molecule has 70 valence electrons. The van der Waals surface area contributed by atoms with Crippen molar-refractivity contribution >= 4 is 6.29 Å². The maximum atomic E-state index is 10.2. The third-order valence-electron chi connectivity index (χ3n) is 1.79. The van der Waals surface area contributed by atoms with E-state index in [2.05, 4.69) is 6.92 Å². The molecule has 0 aromatic heterocycles. The first-order valence-electron chi connectivity index (χ1n) is 4.50. The Kier molecular flexibility index (Phi) is 6.67. The van der Waals surface area contributed by atoms with Crippen molar-refractivity contribution in [3.63, 3.8) is 0 Å². The highest BCUT2D eigenvalue weighted by Crippen LogP contribution is 2.05. The second-order valence-corrected chi connectivity index (χ2v) is 3.10. The lowest BCUT2D eigenvalue weighted by atomic mass is 10.1. The summed E-state index contributed by atoms with van der Waals surface area (Å²) >= 11 is 0. The molecule has 2 nitrogen and oxygen atoms in total. The molecule has 0 aromatic carbocycles. The van der Waals surface area contributed by atoms with Gasteiger partial charge in [-0.2, -0.15) is 0 Å². The van der Waals surface area contributed by atoms with E-state index in [-0.39, 0.29) is 6.10 Å². The Bertz CT molecular complexity index is 150. The normalized spacial score (nSPS) is 14.4. The van der Waals surface area contributed by atoms with Crippen molar-refractivity contribution in [3.05, 3.63) is 11.6 Å². The lowest BCUT2D eigenvalue weighted by Crippen LogP contribution is -2.04. The van der Waals surface area contributed by atoms with Crippen molar-refractivity contribution in [3.8, 4) is 0 Å². The van der Waals surface area contributed by atoms with Crippen LogP contribution in [0.15, 0.2) is 11.6 Å². The van der Waals surface area contributed by atoms with Crippen molar-refractivity contribution in [1.82, 2.24) is 0 Å². The average molecular weight is 170 g/mol. The summed E-state index contributed by atoms with van der Waals surface area (Å²) in [7, 11) is 0.